The molecule has 33 heavy (non-hydrogen) atoms. The van der Waals surface area contributed by atoms with Gasteiger partial charge in [0, 0.05) is 23.7 Å². The fourth-order valence-electron chi connectivity index (χ4n) is 3.40. The van der Waals surface area contributed by atoms with Crippen molar-refractivity contribution in [1.82, 2.24) is 15.6 Å². The summed E-state index contributed by atoms with van der Waals surface area (Å²) in [5.41, 5.74) is 1.30. The Morgan fingerprint density at radius 1 is 1.00 bits per heavy atom. The van der Waals surface area contributed by atoms with Crippen LogP contribution in [0.1, 0.15) is 37.6 Å². The Morgan fingerprint density at radius 3 is 2.48 bits per heavy atom. The monoisotopic (exact) mass is 449 g/mol. The number of hydrogen-bond acceptors (Lipinski definition) is 5. The lowest BCUT2D eigenvalue weighted by Crippen LogP contribution is -2.50. The van der Waals surface area contributed by atoms with Crippen LogP contribution in [0.3, 0.4) is 0 Å². The number of para-hydroxylation sites is 1. The van der Waals surface area contributed by atoms with Gasteiger partial charge in [0.25, 0.3) is 5.91 Å². The van der Waals surface area contributed by atoms with Crippen LogP contribution in [-0.4, -0.2) is 42.6 Å². The highest BCUT2D eigenvalue weighted by molar-refractivity contribution is 5.97. The highest BCUT2D eigenvalue weighted by Gasteiger charge is 2.24. The smallest absolute Gasteiger partial charge is 0.251 e. The summed E-state index contributed by atoms with van der Waals surface area (Å²) >= 11 is 0. The summed E-state index contributed by atoms with van der Waals surface area (Å²) in [7, 11) is 0. The van der Waals surface area contributed by atoms with E-state index in [0.717, 1.165) is 16.7 Å². The zero-order valence-electron chi connectivity index (χ0n) is 19.3. The predicted molar refractivity (Wildman–Crippen MR) is 129 cm³/mol. The summed E-state index contributed by atoms with van der Waals surface area (Å²) in [6.45, 7) is 7.16. The van der Waals surface area contributed by atoms with E-state index in [9.17, 15) is 9.59 Å². The number of pyridine rings is 1. The maximum atomic E-state index is 12.7. The van der Waals surface area contributed by atoms with Crippen LogP contribution in [0.25, 0.3) is 10.9 Å². The molecule has 0 spiro atoms. The summed E-state index contributed by atoms with van der Waals surface area (Å²) in [4.78, 5) is 29.7. The quantitative estimate of drug-likeness (QED) is 0.432. The summed E-state index contributed by atoms with van der Waals surface area (Å²) in [6.07, 6.45) is 2.37. The van der Waals surface area contributed by atoms with Crippen molar-refractivity contribution in [3.63, 3.8) is 0 Å². The zero-order valence-corrected chi connectivity index (χ0v) is 19.3. The average Bonchev–Trinajstić information content (AvgIpc) is 2.82. The Bertz CT molecular complexity index is 1060. The van der Waals surface area contributed by atoms with Crippen LogP contribution in [-0.2, 0) is 4.79 Å². The number of carbonyl (C=O) groups is 2. The van der Waals surface area contributed by atoms with Crippen LogP contribution >= 0.6 is 0 Å². The largest absolute Gasteiger partial charge is 0.494 e. The highest BCUT2D eigenvalue weighted by Crippen LogP contribution is 2.22. The lowest BCUT2D eigenvalue weighted by molar-refractivity contribution is -0.123. The molecule has 2 N–H and O–H groups in total. The second-order valence-corrected chi connectivity index (χ2v) is 7.98. The summed E-state index contributed by atoms with van der Waals surface area (Å²) in [5.74, 6) is 0.861. The van der Waals surface area contributed by atoms with Gasteiger partial charge in [-0.2, -0.15) is 0 Å². The number of carbonyl (C=O) groups excluding carboxylic acids is 2. The first-order valence-electron chi connectivity index (χ1n) is 11.3. The standard InChI is InChI=1S/C26H31N3O4/c1-4-32-21-13-11-20(12-14-21)25(30)29-23(18(2)3)26(31)28-16-7-17-33-22-10-5-8-19-9-6-15-27-24(19)22/h5-6,8-15,18,23H,4,7,16-17H2,1-3H3,(H,28,31)(H,29,30). The van der Waals surface area contributed by atoms with Crippen LogP contribution in [0.2, 0.25) is 0 Å². The van der Waals surface area contributed by atoms with Crippen molar-refractivity contribution in [3.8, 4) is 11.5 Å². The first kappa shape index (κ1) is 24.0. The third-order valence-electron chi connectivity index (χ3n) is 5.14. The molecule has 2 aromatic carbocycles. The molecule has 0 bridgehead atoms. The van der Waals surface area contributed by atoms with E-state index < -0.39 is 6.04 Å². The van der Waals surface area contributed by atoms with E-state index in [1.807, 2.05) is 51.1 Å². The van der Waals surface area contributed by atoms with Crippen LogP contribution in [0.4, 0.5) is 0 Å². The van der Waals surface area contributed by atoms with E-state index in [0.29, 0.717) is 37.5 Å². The molecule has 0 saturated heterocycles. The van der Waals surface area contributed by atoms with Gasteiger partial charge in [-0.05, 0) is 55.7 Å². The lowest BCUT2D eigenvalue weighted by atomic mass is 10.0. The maximum absolute atomic E-state index is 12.7. The molecule has 1 atom stereocenters. The minimum absolute atomic E-state index is 0.0605. The van der Waals surface area contributed by atoms with Gasteiger partial charge in [0.1, 0.15) is 23.1 Å². The number of ether oxygens (including phenoxy) is 2. The van der Waals surface area contributed by atoms with Crippen LogP contribution in [0.5, 0.6) is 11.5 Å². The van der Waals surface area contributed by atoms with Gasteiger partial charge in [0.15, 0.2) is 0 Å². The molecule has 1 heterocycles. The normalized spacial score (nSPS) is 11.8. The molecule has 174 valence electrons. The molecular formula is C26H31N3O4. The first-order chi connectivity index (χ1) is 16.0. The summed E-state index contributed by atoms with van der Waals surface area (Å²) < 4.78 is 11.3. The molecule has 1 aromatic heterocycles. The van der Waals surface area contributed by atoms with E-state index in [1.165, 1.54) is 0 Å². The minimum atomic E-state index is -0.632. The molecule has 0 aliphatic rings. The Morgan fingerprint density at radius 2 is 1.76 bits per heavy atom. The topological polar surface area (TPSA) is 89.5 Å². The Balaban J connectivity index is 1.47. The number of hydrogen-bond donors (Lipinski definition) is 2. The number of fused-ring (bicyclic) bond motifs is 1. The van der Waals surface area contributed by atoms with Gasteiger partial charge in [-0.3, -0.25) is 14.6 Å². The van der Waals surface area contributed by atoms with Gasteiger partial charge in [-0.1, -0.05) is 32.0 Å². The number of nitrogens with one attached hydrogen (secondary N) is 2. The van der Waals surface area contributed by atoms with Crippen LogP contribution in [0, 0.1) is 5.92 Å². The molecule has 1 unspecified atom stereocenters. The zero-order chi connectivity index (χ0) is 23.6. The second-order valence-electron chi connectivity index (χ2n) is 7.98. The third-order valence-corrected chi connectivity index (χ3v) is 5.14. The van der Waals surface area contributed by atoms with E-state index in [2.05, 4.69) is 15.6 Å². The van der Waals surface area contributed by atoms with Gasteiger partial charge < -0.3 is 20.1 Å². The number of rotatable bonds is 11. The van der Waals surface area contributed by atoms with Crippen molar-refractivity contribution < 1.29 is 19.1 Å². The molecule has 0 aliphatic carbocycles. The molecule has 3 rings (SSSR count). The summed E-state index contributed by atoms with van der Waals surface area (Å²) in [6, 6.07) is 15.9. The fourth-order valence-corrected chi connectivity index (χ4v) is 3.40. The molecule has 0 fully saturated rings. The van der Waals surface area contributed by atoms with Crippen molar-refractivity contribution >= 4 is 22.7 Å². The molecular weight excluding hydrogens is 418 g/mol. The predicted octanol–water partition coefficient (Wildman–Crippen LogP) is 3.97. The number of amides is 2. The molecule has 0 radical (unpaired) electrons. The van der Waals surface area contributed by atoms with Gasteiger partial charge in [0.05, 0.1) is 13.2 Å². The Kier molecular flexibility index (Phi) is 8.63. The molecule has 7 heteroatoms. The van der Waals surface area contributed by atoms with Gasteiger partial charge in [0.2, 0.25) is 5.91 Å². The number of benzene rings is 2. The third kappa shape index (κ3) is 6.68. The number of aromatic nitrogens is 1. The fraction of sp³-hybridized carbons (Fsp3) is 0.346. The van der Waals surface area contributed by atoms with Crippen LogP contribution < -0.4 is 20.1 Å². The van der Waals surface area contributed by atoms with E-state index >= 15 is 0 Å². The lowest BCUT2D eigenvalue weighted by Gasteiger charge is -2.22. The molecule has 0 saturated carbocycles. The van der Waals surface area contributed by atoms with E-state index in [1.54, 1.807) is 30.5 Å². The second kappa shape index (κ2) is 11.9. The molecule has 0 aliphatic heterocycles. The van der Waals surface area contributed by atoms with Crippen molar-refractivity contribution in [3.05, 3.63) is 66.4 Å². The Hall–Kier alpha value is -3.61. The SMILES string of the molecule is CCOc1ccc(C(=O)NC(C(=O)NCCCOc2cccc3cccnc23)C(C)C)cc1. The van der Waals surface area contributed by atoms with Crippen molar-refractivity contribution in [2.45, 2.75) is 33.2 Å². The van der Waals surface area contributed by atoms with E-state index in [-0.39, 0.29) is 17.7 Å². The van der Waals surface area contributed by atoms with Gasteiger partial charge in [-0.15, -0.1) is 0 Å². The highest BCUT2D eigenvalue weighted by atomic mass is 16.5. The molecule has 2 amide bonds. The van der Waals surface area contributed by atoms with Crippen molar-refractivity contribution in [1.29, 1.82) is 0 Å². The first-order valence-corrected chi connectivity index (χ1v) is 11.3. The molecule has 3 aromatic rings. The minimum Gasteiger partial charge on any atom is -0.494 e. The molecule has 7 nitrogen and oxygen atoms in total. The van der Waals surface area contributed by atoms with Gasteiger partial charge >= 0.3 is 0 Å². The van der Waals surface area contributed by atoms with Crippen molar-refractivity contribution in [2.24, 2.45) is 5.92 Å². The van der Waals surface area contributed by atoms with Crippen LogP contribution in [0.15, 0.2) is 60.8 Å². The maximum Gasteiger partial charge on any atom is 0.251 e. The Labute approximate surface area is 194 Å². The average molecular weight is 450 g/mol. The summed E-state index contributed by atoms with van der Waals surface area (Å²) in [5, 5.41) is 6.76. The number of nitrogens with zero attached hydrogens (tertiary/aromatic N) is 1. The van der Waals surface area contributed by atoms with Crippen molar-refractivity contribution in [2.75, 3.05) is 19.8 Å². The van der Waals surface area contributed by atoms with Gasteiger partial charge in [-0.25, -0.2) is 0 Å². The van der Waals surface area contributed by atoms with E-state index in [4.69, 9.17) is 9.47 Å².